The van der Waals surface area contributed by atoms with Gasteiger partial charge in [-0.3, -0.25) is 0 Å². The normalized spacial score (nSPS) is 16.4. The first-order valence-electron chi connectivity index (χ1n) is 7.55. The van der Waals surface area contributed by atoms with Crippen molar-refractivity contribution in [1.82, 2.24) is 0 Å². The summed E-state index contributed by atoms with van der Waals surface area (Å²) in [6.45, 7) is 9.02. The van der Waals surface area contributed by atoms with Gasteiger partial charge in [0.2, 0.25) is 0 Å². The second-order valence-corrected chi connectivity index (χ2v) is 6.86. The Bertz CT molecular complexity index is 666. The first-order chi connectivity index (χ1) is 9.93. The maximum Gasteiger partial charge on any atom is -0.0131 e. The molecule has 0 saturated carbocycles. The Hall–Kier alpha value is -2.08. The third-order valence-corrected chi connectivity index (χ3v) is 4.20. The first-order valence-corrected chi connectivity index (χ1v) is 7.55. The molecule has 0 N–H and O–H groups in total. The van der Waals surface area contributed by atoms with Crippen molar-refractivity contribution < 1.29 is 0 Å². The molecule has 0 fully saturated rings. The van der Waals surface area contributed by atoms with Crippen LogP contribution in [0.4, 0.5) is 0 Å². The summed E-state index contributed by atoms with van der Waals surface area (Å²) in [7, 11) is 0. The van der Waals surface area contributed by atoms with Gasteiger partial charge < -0.3 is 0 Å². The summed E-state index contributed by atoms with van der Waals surface area (Å²) in [5.41, 5.74) is 8.01. The Kier molecular flexibility index (Phi) is 3.33. The second-order valence-electron chi connectivity index (χ2n) is 6.86. The second kappa shape index (κ2) is 5.04. The van der Waals surface area contributed by atoms with Gasteiger partial charge in [-0.1, -0.05) is 81.5 Å². The monoisotopic (exact) mass is 274 g/mol. The maximum absolute atomic E-state index is 2.33. The minimum atomic E-state index is 0.162. The van der Waals surface area contributed by atoms with Crippen molar-refractivity contribution in [3.63, 3.8) is 0 Å². The predicted octanol–water partition coefficient (Wildman–Crippen LogP) is 5.95. The minimum absolute atomic E-state index is 0.162. The van der Waals surface area contributed by atoms with Crippen LogP contribution < -0.4 is 0 Å². The molecule has 0 aliphatic heterocycles. The molecule has 0 aromatic heterocycles. The molecule has 4 bridgehead atoms. The van der Waals surface area contributed by atoms with Gasteiger partial charge in [0.25, 0.3) is 0 Å². The van der Waals surface area contributed by atoms with E-state index in [9.17, 15) is 0 Å². The first kappa shape index (κ1) is 13.9. The number of benzene rings is 2. The van der Waals surface area contributed by atoms with Crippen LogP contribution in [0.1, 0.15) is 54.2 Å². The van der Waals surface area contributed by atoms with E-state index in [0.717, 1.165) is 0 Å². The summed E-state index contributed by atoms with van der Waals surface area (Å²) < 4.78 is 0. The maximum atomic E-state index is 2.33. The lowest BCUT2D eigenvalue weighted by Gasteiger charge is -2.22. The average Bonchev–Trinajstić information content (AvgIpc) is 2.47. The van der Waals surface area contributed by atoms with E-state index in [1.165, 1.54) is 33.4 Å². The zero-order chi connectivity index (χ0) is 15.0. The molecule has 106 valence electrons. The van der Waals surface area contributed by atoms with Gasteiger partial charge in [0.15, 0.2) is 0 Å². The fourth-order valence-electron chi connectivity index (χ4n) is 2.63. The van der Waals surface area contributed by atoms with Crippen molar-refractivity contribution in [3.8, 4) is 0 Å². The Morgan fingerprint density at radius 1 is 0.667 bits per heavy atom. The van der Waals surface area contributed by atoms with Gasteiger partial charge in [-0.25, -0.2) is 0 Å². The molecule has 0 nitrogen and oxygen atoms in total. The van der Waals surface area contributed by atoms with E-state index in [-0.39, 0.29) is 5.41 Å². The van der Waals surface area contributed by atoms with Crippen LogP contribution in [-0.4, -0.2) is 0 Å². The third-order valence-electron chi connectivity index (χ3n) is 4.20. The molecule has 2 aromatic carbocycles. The van der Waals surface area contributed by atoms with E-state index < -0.39 is 0 Å². The molecule has 0 radical (unpaired) electrons. The summed E-state index contributed by atoms with van der Waals surface area (Å²) in [5, 5.41) is 0. The molecule has 0 spiro atoms. The highest BCUT2D eigenvalue weighted by Crippen LogP contribution is 2.29. The van der Waals surface area contributed by atoms with Crippen molar-refractivity contribution in [2.75, 3.05) is 0 Å². The number of fused-ring (bicyclic) bond motifs is 2. The molecule has 0 unspecified atom stereocenters. The van der Waals surface area contributed by atoms with E-state index in [4.69, 9.17) is 0 Å². The van der Waals surface area contributed by atoms with Crippen LogP contribution in [0.25, 0.3) is 24.3 Å². The van der Waals surface area contributed by atoms with Gasteiger partial charge in [0.1, 0.15) is 0 Å². The van der Waals surface area contributed by atoms with Crippen molar-refractivity contribution in [1.29, 1.82) is 0 Å². The van der Waals surface area contributed by atoms with Gasteiger partial charge >= 0.3 is 0 Å². The summed E-state index contributed by atoms with van der Waals surface area (Å²) in [4.78, 5) is 0. The van der Waals surface area contributed by atoms with Gasteiger partial charge in [-0.05, 0) is 45.7 Å². The number of hydrogen-bond donors (Lipinski definition) is 0. The number of hydrogen-bond acceptors (Lipinski definition) is 0. The van der Waals surface area contributed by atoms with E-state index in [2.05, 4.69) is 88.4 Å². The molecule has 2 aliphatic rings. The van der Waals surface area contributed by atoms with E-state index in [0.29, 0.717) is 0 Å². The van der Waals surface area contributed by atoms with Crippen LogP contribution >= 0.6 is 0 Å². The molecule has 2 aliphatic carbocycles. The largest absolute Gasteiger partial charge is 0.0561 e. The molecule has 2 aromatic rings. The van der Waals surface area contributed by atoms with Gasteiger partial charge in [-0.15, -0.1) is 0 Å². The standard InChI is InChI=1S/C21H22/c1-15-18-11-9-16-5-6-17(8-7-16)10-12-19(15)14-20(13-18)21(2,3)4/h5-14H,1-4H3/b11-9-,12-10-. The molecular formula is C21H22. The molecular weight excluding hydrogens is 252 g/mol. The predicted molar refractivity (Wildman–Crippen MR) is 94.2 cm³/mol. The smallest absolute Gasteiger partial charge is 0.0131 e. The molecule has 0 atom stereocenters. The third kappa shape index (κ3) is 2.85. The molecule has 0 amide bonds. The van der Waals surface area contributed by atoms with Crippen LogP contribution in [-0.2, 0) is 5.41 Å². The van der Waals surface area contributed by atoms with Crippen LogP contribution in [0.3, 0.4) is 0 Å². The zero-order valence-electron chi connectivity index (χ0n) is 13.3. The highest BCUT2D eigenvalue weighted by molar-refractivity contribution is 5.79. The van der Waals surface area contributed by atoms with E-state index in [1.807, 2.05) is 0 Å². The average molecular weight is 274 g/mol. The van der Waals surface area contributed by atoms with Crippen LogP contribution in [0, 0.1) is 6.92 Å². The Labute approximate surface area is 127 Å². The van der Waals surface area contributed by atoms with Gasteiger partial charge in [0, 0.05) is 0 Å². The van der Waals surface area contributed by atoms with Crippen LogP contribution in [0.2, 0.25) is 0 Å². The van der Waals surface area contributed by atoms with Gasteiger partial charge in [0.05, 0.1) is 0 Å². The van der Waals surface area contributed by atoms with Crippen molar-refractivity contribution in [2.24, 2.45) is 0 Å². The zero-order valence-corrected chi connectivity index (χ0v) is 13.3. The topological polar surface area (TPSA) is 0 Å². The summed E-state index contributed by atoms with van der Waals surface area (Å²) in [5.74, 6) is 0. The van der Waals surface area contributed by atoms with Crippen LogP contribution in [0.15, 0.2) is 36.4 Å². The lowest BCUT2D eigenvalue weighted by molar-refractivity contribution is 0.590. The molecule has 0 heterocycles. The Morgan fingerprint density at radius 2 is 1.10 bits per heavy atom. The molecule has 0 saturated heterocycles. The number of rotatable bonds is 0. The van der Waals surface area contributed by atoms with Crippen molar-refractivity contribution >= 4 is 24.3 Å². The van der Waals surface area contributed by atoms with E-state index >= 15 is 0 Å². The van der Waals surface area contributed by atoms with Crippen molar-refractivity contribution in [3.05, 3.63) is 69.8 Å². The minimum Gasteiger partial charge on any atom is -0.0561 e. The molecule has 4 rings (SSSR count). The molecule has 21 heavy (non-hydrogen) atoms. The van der Waals surface area contributed by atoms with E-state index in [1.54, 1.807) is 0 Å². The fourth-order valence-corrected chi connectivity index (χ4v) is 2.63. The lowest BCUT2D eigenvalue weighted by atomic mass is 9.83. The quantitative estimate of drug-likeness (QED) is 0.475. The lowest BCUT2D eigenvalue weighted by Crippen LogP contribution is -2.12. The fraction of sp³-hybridized carbons (Fsp3) is 0.238. The summed E-state index contributed by atoms with van der Waals surface area (Å²) in [6, 6.07) is 13.3. The Balaban J connectivity index is 2.26. The highest BCUT2D eigenvalue weighted by atomic mass is 14.2. The Morgan fingerprint density at radius 3 is 1.48 bits per heavy atom. The summed E-state index contributed by atoms with van der Waals surface area (Å²) in [6.07, 6.45) is 8.88. The summed E-state index contributed by atoms with van der Waals surface area (Å²) >= 11 is 0. The van der Waals surface area contributed by atoms with Crippen molar-refractivity contribution in [2.45, 2.75) is 33.1 Å². The SMILES string of the molecule is Cc1c2cc(C(C)(C)C)cc1/C=C\c1ccc(cc1)/C=C\2. The molecule has 0 heteroatoms. The van der Waals surface area contributed by atoms with Crippen LogP contribution in [0.5, 0.6) is 0 Å². The highest BCUT2D eigenvalue weighted by Gasteiger charge is 2.16. The van der Waals surface area contributed by atoms with Gasteiger partial charge in [-0.2, -0.15) is 0 Å².